The van der Waals surface area contributed by atoms with Gasteiger partial charge in [0.25, 0.3) is 5.91 Å². The number of aryl methyl sites for hydroxylation is 1. The van der Waals surface area contributed by atoms with Gasteiger partial charge in [-0.05, 0) is 44.4 Å². The van der Waals surface area contributed by atoms with Crippen molar-refractivity contribution in [2.24, 2.45) is 11.8 Å². The second-order valence-corrected chi connectivity index (χ2v) is 7.80. The first-order chi connectivity index (χ1) is 12.7. The van der Waals surface area contributed by atoms with Gasteiger partial charge in [-0.25, -0.2) is 0 Å². The molecule has 3 fully saturated rings. The Bertz CT molecular complexity index is 619. The van der Waals surface area contributed by atoms with Crippen molar-refractivity contribution < 1.29 is 23.5 Å². The fourth-order valence-corrected chi connectivity index (χ4v) is 4.30. The maximum atomic E-state index is 12.4. The van der Waals surface area contributed by atoms with Gasteiger partial charge < -0.3 is 23.6 Å². The zero-order valence-electron chi connectivity index (χ0n) is 15.4. The molecule has 0 aromatic carbocycles. The van der Waals surface area contributed by atoms with E-state index in [-0.39, 0.29) is 11.5 Å². The summed E-state index contributed by atoms with van der Waals surface area (Å²) in [4.78, 5) is 14.2. The quantitative estimate of drug-likeness (QED) is 0.719. The first-order valence-corrected chi connectivity index (χ1v) is 9.68. The summed E-state index contributed by atoms with van der Waals surface area (Å²) in [6.45, 7) is 7.17. The molecule has 7 nitrogen and oxygen atoms in total. The second kappa shape index (κ2) is 7.66. The number of hydrogen-bond acceptors (Lipinski definition) is 6. The van der Waals surface area contributed by atoms with Gasteiger partial charge in [0.15, 0.2) is 5.69 Å². The number of ether oxygens (including phenoxy) is 3. The molecule has 0 aliphatic carbocycles. The highest BCUT2D eigenvalue weighted by molar-refractivity contribution is 5.93. The fraction of sp³-hybridized carbons (Fsp3) is 0.789. The molecule has 0 radical (unpaired) electrons. The smallest absolute Gasteiger partial charge is 0.276 e. The number of nitrogens with zero attached hydrogens (tertiary/aromatic N) is 2. The summed E-state index contributed by atoms with van der Waals surface area (Å²) in [5, 5.41) is 3.82. The van der Waals surface area contributed by atoms with Crippen molar-refractivity contribution in [3.8, 4) is 0 Å². The number of amides is 1. The summed E-state index contributed by atoms with van der Waals surface area (Å²) >= 11 is 0. The molecule has 1 atom stereocenters. The Labute approximate surface area is 153 Å². The van der Waals surface area contributed by atoms with Gasteiger partial charge in [0.2, 0.25) is 0 Å². The van der Waals surface area contributed by atoms with Gasteiger partial charge in [0.05, 0.1) is 13.1 Å². The molecule has 1 aromatic heterocycles. The predicted octanol–water partition coefficient (Wildman–Crippen LogP) is 2.05. The van der Waals surface area contributed by atoms with Gasteiger partial charge in [0.1, 0.15) is 11.4 Å². The van der Waals surface area contributed by atoms with Crippen LogP contribution in [0.15, 0.2) is 10.6 Å². The molecule has 3 aliphatic rings. The molecule has 3 aliphatic heterocycles. The third kappa shape index (κ3) is 3.66. The number of hydrogen-bond donors (Lipinski definition) is 0. The Hall–Kier alpha value is -1.44. The van der Waals surface area contributed by atoms with Crippen LogP contribution < -0.4 is 0 Å². The lowest BCUT2D eigenvalue weighted by Crippen LogP contribution is -2.66. The molecule has 0 N–H and O–H groups in total. The van der Waals surface area contributed by atoms with E-state index in [1.165, 1.54) is 0 Å². The van der Waals surface area contributed by atoms with E-state index < -0.39 is 0 Å². The lowest BCUT2D eigenvalue weighted by Gasteiger charge is -2.50. The van der Waals surface area contributed by atoms with E-state index in [2.05, 4.69) is 5.16 Å². The van der Waals surface area contributed by atoms with Crippen molar-refractivity contribution in [2.45, 2.75) is 38.2 Å². The summed E-state index contributed by atoms with van der Waals surface area (Å²) in [5.74, 6) is 1.68. The molecule has 144 valence electrons. The third-order valence-corrected chi connectivity index (χ3v) is 5.96. The number of aromatic nitrogens is 1. The molecule has 0 saturated carbocycles. The van der Waals surface area contributed by atoms with Gasteiger partial charge >= 0.3 is 0 Å². The summed E-state index contributed by atoms with van der Waals surface area (Å²) in [6, 6.07) is 1.68. The molecule has 1 amide bonds. The largest absolute Gasteiger partial charge is 0.381 e. The molecular weight excluding hydrogens is 336 g/mol. The topological polar surface area (TPSA) is 74.0 Å². The fourth-order valence-electron chi connectivity index (χ4n) is 4.30. The molecular formula is C19H28N2O5. The van der Waals surface area contributed by atoms with Crippen molar-refractivity contribution in [2.75, 3.05) is 46.1 Å². The van der Waals surface area contributed by atoms with E-state index in [0.717, 1.165) is 58.7 Å². The van der Waals surface area contributed by atoms with Crippen LogP contribution in [0.5, 0.6) is 0 Å². The zero-order valence-corrected chi connectivity index (χ0v) is 15.4. The SMILES string of the molecule is Cc1cc(C(=O)N2CC3(C2)OCC[C@H]3CCOCC2CCOCC2)no1. The van der Waals surface area contributed by atoms with E-state index in [9.17, 15) is 4.79 Å². The molecule has 4 heterocycles. The molecule has 0 bridgehead atoms. The Kier molecular flexibility index (Phi) is 5.29. The van der Waals surface area contributed by atoms with Gasteiger partial charge in [-0.3, -0.25) is 4.79 Å². The maximum absolute atomic E-state index is 12.4. The molecule has 0 unspecified atom stereocenters. The molecule has 4 rings (SSSR count). The molecule has 1 aromatic rings. The van der Waals surface area contributed by atoms with Gasteiger partial charge in [0, 0.05) is 39.1 Å². The zero-order chi connectivity index (χ0) is 18.0. The molecule has 26 heavy (non-hydrogen) atoms. The van der Waals surface area contributed by atoms with Crippen LogP contribution in [0.2, 0.25) is 0 Å². The number of carbonyl (C=O) groups excluding carboxylic acids is 1. The van der Waals surface area contributed by atoms with Gasteiger partial charge in [-0.15, -0.1) is 0 Å². The van der Waals surface area contributed by atoms with E-state index in [4.69, 9.17) is 18.7 Å². The highest BCUT2D eigenvalue weighted by Crippen LogP contribution is 2.42. The number of rotatable bonds is 6. The second-order valence-electron chi connectivity index (χ2n) is 7.80. The Balaban J connectivity index is 1.22. The molecule has 1 spiro atoms. The van der Waals surface area contributed by atoms with Crippen molar-refractivity contribution >= 4 is 5.91 Å². The third-order valence-electron chi connectivity index (χ3n) is 5.96. The number of likely N-dealkylation sites (tertiary alicyclic amines) is 1. The van der Waals surface area contributed by atoms with Crippen LogP contribution in [0, 0.1) is 18.8 Å². The van der Waals surface area contributed by atoms with Crippen LogP contribution in [0.3, 0.4) is 0 Å². The minimum atomic E-state index is -0.184. The van der Waals surface area contributed by atoms with Crippen molar-refractivity contribution in [1.29, 1.82) is 0 Å². The standard InChI is InChI=1S/C19H28N2O5/c1-14-10-17(20-26-14)18(22)21-12-19(13-21)16(5-9-25-19)4-8-24-11-15-2-6-23-7-3-15/h10,15-16H,2-9,11-13H2,1H3/t16-/m1/s1. The molecule has 3 saturated heterocycles. The lowest BCUT2D eigenvalue weighted by molar-refractivity contribution is -0.121. The summed E-state index contributed by atoms with van der Waals surface area (Å²) < 4.78 is 22.4. The van der Waals surface area contributed by atoms with Crippen LogP contribution in [-0.2, 0) is 14.2 Å². The van der Waals surface area contributed by atoms with Crippen LogP contribution in [0.4, 0.5) is 0 Å². The van der Waals surface area contributed by atoms with E-state index in [0.29, 0.717) is 36.4 Å². The number of carbonyl (C=O) groups is 1. The predicted molar refractivity (Wildman–Crippen MR) is 92.9 cm³/mol. The average Bonchev–Trinajstić information content (AvgIpc) is 3.24. The maximum Gasteiger partial charge on any atom is 0.276 e. The highest BCUT2D eigenvalue weighted by Gasteiger charge is 2.54. The average molecular weight is 364 g/mol. The van der Waals surface area contributed by atoms with E-state index in [1.54, 1.807) is 17.9 Å². The summed E-state index contributed by atoms with van der Waals surface area (Å²) in [5.41, 5.74) is 0.197. The van der Waals surface area contributed by atoms with E-state index in [1.807, 2.05) is 0 Å². The van der Waals surface area contributed by atoms with E-state index >= 15 is 0 Å². The Morgan fingerprint density at radius 3 is 2.85 bits per heavy atom. The highest BCUT2D eigenvalue weighted by atomic mass is 16.5. The minimum Gasteiger partial charge on any atom is -0.381 e. The Morgan fingerprint density at radius 1 is 1.31 bits per heavy atom. The van der Waals surface area contributed by atoms with Gasteiger partial charge in [-0.2, -0.15) is 0 Å². The van der Waals surface area contributed by atoms with Crippen LogP contribution in [0.1, 0.15) is 41.9 Å². The first kappa shape index (κ1) is 17.9. The Morgan fingerprint density at radius 2 is 2.12 bits per heavy atom. The van der Waals surface area contributed by atoms with Crippen LogP contribution >= 0.6 is 0 Å². The van der Waals surface area contributed by atoms with Gasteiger partial charge in [-0.1, -0.05) is 5.16 Å². The molecule has 7 heteroatoms. The van der Waals surface area contributed by atoms with Crippen molar-refractivity contribution in [3.05, 3.63) is 17.5 Å². The summed E-state index contributed by atoms with van der Waals surface area (Å²) in [7, 11) is 0. The summed E-state index contributed by atoms with van der Waals surface area (Å²) in [6.07, 6.45) is 4.25. The van der Waals surface area contributed by atoms with Crippen LogP contribution in [0.25, 0.3) is 0 Å². The van der Waals surface area contributed by atoms with Crippen LogP contribution in [-0.4, -0.2) is 67.7 Å². The first-order valence-electron chi connectivity index (χ1n) is 9.68. The van der Waals surface area contributed by atoms with Crippen molar-refractivity contribution in [1.82, 2.24) is 10.1 Å². The lowest BCUT2D eigenvalue weighted by atomic mass is 9.79. The van der Waals surface area contributed by atoms with Crippen molar-refractivity contribution in [3.63, 3.8) is 0 Å². The normalized spacial score (nSPS) is 25.6. The minimum absolute atomic E-state index is 0.0718. The monoisotopic (exact) mass is 364 g/mol.